The van der Waals surface area contributed by atoms with Crippen LogP contribution in [0.2, 0.25) is 0 Å². The Morgan fingerprint density at radius 1 is 1.16 bits per heavy atom. The number of imidazole rings is 1. The highest BCUT2D eigenvalue weighted by Crippen LogP contribution is 2.34. The van der Waals surface area contributed by atoms with E-state index in [-0.39, 0.29) is 6.04 Å². The van der Waals surface area contributed by atoms with Crippen molar-refractivity contribution in [2.24, 2.45) is 5.16 Å². The number of nitrogens with zero attached hydrogens (tertiary/aromatic N) is 4. The van der Waals surface area contributed by atoms with Gasteiger partial charge in [0.2, 0.25) is 0 Å². The lowest BCUT2D eigenvalue weighted by Gasteiger charge is -2.40. The molecule has 164 valence electrons. The summed E-state index contributed by atoms with van der Waals surface area (Å²) >= 11 is 0. The number of benzene rings is 2. The molecule has 3 heterocycles. The van der Waals surface area contributed by atoms with Gasteiger partial charge in [0.15, 0.2) is 5.84 Å². The van der Waals surface area contributed by atoms with Gasteiger partial charge < -0.3 is 19.0 Å². The highest BCUT2D eigenvalue weighted by molar-refractivity contribution is 6.03. The molecule has 2 aromatic carbocycles. The van der Waals surface area contributed by atoms with Gasteiger partial charge in [-0.05, 0) is 61.6 Å². The number of amidine groups is 1. The highest BCUT2D eigenvalue weighted by Gasteiger charge is 2.33. The predicted octanol–water partition coefficient (Wildman–Crippen LogP) is 5.06. The number of methoxy groups -OCH3 is 1. The van der Waals surface area contributed by atoms with Gasteiger partial charge in [-0.2, -0.15) is 0 Å². The fourth-order valence-corrected chi connectivity index (χ4v) is 4.56. The fraction of sp³-hybridized carbons (Fsp3) is 0.308. The fourth-order valence-electron chi connectivity index (χ4n) is 4.56. The Bertz CT molecular complexity index is 1190. The minimum atomic E-state index is 0.187. The summed E-state index contributed by atoms with van der Waals surface area (Å²) in [4.78, 5) is 12.4. The number of aryl methyl sites for hydroxylation is 2. The third kappa shape index (κ3) is 3.88. The molecule has 0 spiro atoms. The Hall–Kier alpha value is -3.54. The summed E-state index contributed by atoms with van der Waals surface area (Å²) < 4.78 is 7.67. The number of aromatic nitrogens is 2. The van der Waals surface area contributed by atoms with Crippen LogP contribution < -0.4 is 4.74 Å². The molecule has 6 nitrogen and oxygen atoms in total. The molecule has 0 unspecified atom stereocenters. The number of piperidine rings is 1. The second-order valence-electron chi connectivity index (χ2n) is 8.46. The molecular weight excluding hydrogens is 400 g/mol. The van der Waals surface area contributed by atoms with Crippen molar-refractivity contribution in [3.05, 3.63) is 82.9 Å². The first-order chi connectivity index (χ1) is 15.6. The van der Waals surface area contributed by atoms with Crippen molar-refractivity contribution in [2.75, 3.05) is 20.3 Å². The van der Waals surface area contributed by atoms with E-state index in [1.54, 1.807) is 7.11 Å². The zero-order chi connectivity index (χ0) is 22.1. The topological polar surface area (TPSA) is 51.9 Å². The molecular formula is C26H28N4O2. The first-order valence-corrected chi connectivity index (χ1v) is 11.1. The van der Waals surface area contributed by atoms with Crippen LogP contribution in [0.5, 0.6) is 5.75 Å². The van der Waals surface area contributed by atoms with Crippen LogP contribution >= 0.6 is 0 Å². The number of ether oxygens (including phenoxy) is 1. The van der Waals surface area contributed by atoms with E-state index < -0.39 is 0 Å². The monoisotopic (exact) mass is 428 g/mol. The summed E-state index contributed by atoms with van der Waals surface area (Å²) in [5, 5.41) is 4.47. The summed E-state index contributed by atoms with van der Waals surface area (Å²) in [6.07, 6.45) is 8.08. The van der Waals surface area contributed by atoms with Crippen molar-refractivity contribution < 1.29 is 9.57 Å². The van der Waals surface area contributed by atoms with Gasteiger partial charge in [-0.15, -0.1) is 0 Å². The lowest BCUT2D eigenvalue weighted by atomic mass is 9.95. The van der Waals surface area contributed by atoms with Crippen molar-refractivity contribution in [2.45, 2.75) is 32.7 Å². The van der Waals surface area contributed by atoms with Crippen molar-refractivity contribution in [1.29, 1.82) is 0 Å². The molecule has 0 saturated carbocycles. The molecule has 0 N–H and O–H groups in total. The maximum Gasteiger partial charge on any atom is 0.172 e. The molecule has 6 heteroatoms. The molecule has 1 aromatic heterocycles. The van der Waals surface area contributed by atoms with E-state index in [0.717, 1.165) is 47.9 Å². The number of rotatable bonds is 4. The van der Waals surface area contributed by atoms with Gasteiger partial charge in [0.05, 0.1) is 30.9 Å². The Labute approximate surface area is 188 Å². The number of hydrogen-bond acceptors (Lipinski definition) is 5. The third-order valence-corrected chi connectivity index (χ3v) is 6.13. The van der Waals surface area contributed by atoms with Crippen LogP contribution in [-0.2, 0) is 4.84 Å². The van der Waals surface area contributed by atoms with Crippen molar-refractivity contribution in [1.82, 2.24) is 14.5 Å². The molecule has 0 radical (unpaired) electrons. The van der Waals surface area contributed by atoms with E-state index in [1.165, 1.54) is 16.7 Å². The molecule has 2 aliphatic rings. The van der Waals surface area contributed by atoms with E-state index in [2.05, 4.69) is 70.5 Å². The normalized spacial score (nSPS) is 19.3. The Morgan fingerprint density at radius 2 is 2.06 bits per heavy atom. The largest absolute Gasteiger partial charge is 0.495 e. The second kappa shape index (κ2) is 8.54. The molecule has 1 atom stereocenters. The van der Waals surface area contributed by atoms with E-state index in [9.17, 15) is 0 Å². The molecule has 2 aliphatic heterocycles. The summed E-state index contributed by atoms with van der Waals surface area (Å²) in [5.41, 5.74) is 6.76. The third-order valence-electron chi connectivity index (χ3n) is 6.13. The van der Waals surface area contributed by atoms with E-state index in [1.807, 2.05) is 24.0 Å². The van der Waals surface area contributed by atoms with Gasteiger partial charge in [0, 0.05) is 12.7 Å². The minimum Gasteiger partial charge on any atom is -0.495 e. The second-order valence-corrected chi connectivity index (χ2v) is 8.46. The molecule has 1 fully saturated rings. The van der Waals surface area contributed by atoms with Crippen LogP contribution in [0.1, 0.15) is 41.3 Å². The molecule has 3 aromatic rings. The van der Waals surface area contributed by atoms with Crippen LogP contribution in [0, 0.1) is 13.8 Å². The number of fused-ring (bicyclic) bond motifs is 1. The van der Waals surface area contributed by atoms with Crippen molar-refractivity contribution in [3.63, 3.8) is 0 Å². The van der Waals surface area contributed by atoms with Crippen LogP contribution in [0.15, 0.2) is 65.7 Å². The van der Waals surface area contributed by atoms with Gasteiger partial charge in [-0.1, -0.05) is 41.1 Å². The van der Waals surface area contributed by atoms with Gasteiger partial charge >= 0.3 is 0 Å². The van der Waals surface area contributed by atoms with Crippen LogP contribution in [0.4, 0.5) is 0 Å². The lowest BCUT2D eigenvalue weighted by molar-refractivity contribution is 0.0575. The first kappa shape index (κ1) is 20.4. The van der Waals surface area contributed by atoms with Crippen LogP contribution in [0.25, 0.3) is 11.8 Å². The molecule has 0 aliphatic carbocycles. The lowest BCUT2D eigenvalue weighted by Crippen LogP contribution is -2.44. The van der Waals surface area contributed by atoms with Crippen LogP contribution in [-0.4, -0.2) is 40.5 Å². The maximum absolute atomic E-state index is 5.71. The van der Waals surface area contributed by atoms with Gasteiger partial charge in [0.25, 0.3) is 0 Å². The van der Waals surface area contributed by atoms with Crippen molar-refractivity contribution >= 4 is 11.9 Å². The van der Waals surface area contributed by atoms with Crippen LogP contribution in [0.3, 0.4) is 0 Å². The predicted molar refractivity (Wildman–Crippen MR) is 126 cm³/mol. The zero-order valence-electron chi connectivity index (χ0n) is 18.8. The first-order valence-electron chi connectivity index (χ1n) is 11.1. The molecule has 1 saturated heterocycles. The minimum absolute atomic E-state index is 0.187. The Morgan fingerprint density at radius 3 is 2.84 bits per heavy atom. The number of oxime groups is 1. The molecule has 0 bridgehead atoms. The van der Waals surface area contributed by atoms with Crippen molar-refractivity contribution in [3.8, 4) is 11.4 Å². The average molecular weight is 429 g/mol. The summed E-state index contributed by atoms with van der Waals surface area (Å²) in [6.45, 7) is 5.67. The number of hydrogen-bond donors (Lipinski definition) is 0. The van der Waals surface area contributed by atoms with E-state index in [4.69, 9.17) is 9.57 Å². The summed E-state index contributed by atoms with van der Waals surface area (Å²) in [7, 11) is 1.70. The van der Waals surface area contributed by atoms with Gasteiger partial charge in [-0.3, -0.25) is 0 Å². The molecule has 32 heavy (non-hydrogen) atoms. The quantitative estimate of drug-likeness (QED) is 0.583. The standard InChI is InChI=1S/C26H28N4O2/c1-18-6-4-7-21(12-18)24-16-32-28-26-22(8-5-11-30(24)26)13-20-9-10-23(25(14-20)31-3)29-15-19(2)27-17-29/h4,6-7,9-10,12-15,17,24H,5,8,11,16H2,1-3H3/b22-13+/t24-/m0/s1. The molecule has 5 rings (SSSR count). The average Bonchev–Trinajstić information content (AvgIpc) is 3.25. The Kier molecular flexibility index (Phi) is 5.43. The van der Waals surface area contributed by atoms with Gasteiger partial charge in [0.1, 0.15) is 12.4 Å². The maximum atomic E-state index is 5.71. The SMILES string of the molecule is COc1cc(/C=C2\CCCN3C2=NOC[C@H]3c2cccc(C)c2)ccc1-n1cnc(C)c1. The Balaban J connectivity index is 1.46. The smallest absolute Gasteiger partial charge is 0.172 e. The summed E-state index contributed by atoms with van der Waals surface area (Å²) in [5.74, 6) is 1.76. The van der Waals surface area contributed by atoms with E-state index in [0.29, 0.717) is 6.61 Å². The van der Waals surface area contributed by atoms with Gasteiger partial charge in [-0.25, -0.2) is 4.98 Å². The summed E-state index contributed by atoms with van der Waals surface area (Å²) in [6, 6.07) is 15.1. The molecule has 0 amide bonds. The highest BCUT2D eigenvalue weighted by atomic mass is 16.6. The van der Waals surface area contributed by atoms with E-state index >= 15 is 0 Å². The zero-order valence-corrected chi connectivity index (χ0v) is 18.8.